The summed E-state index contributed by atoms with van der Waals surface area (Å²) in [7, 11) is 0. The molecule has 0 bridgehead atoms. The second kappa shape index (κ2) is 7.05. The van der Waals surface area contributed by atoms with E-state index in [1.807, 2.05) is 12.1 Å². The van der Waals surface area contributed by atoms with Crippen molar-refractivity contribution in [3.8, 4) is 0 Å². The molecule has 0 saturated heterocycles. The summed E-state index contributed by atoms with van der Waals surface area (Å²) in [6.45, 7) is 0. The van der Waals surface area contributed by atoms with E-state index in [-0.39, 0.29) is 18.1 Å². The van der Waals surface area contributed by atoms with Crippen LogP contribution in [-0.4, -0.2) is 28.1 Å². The summed E-state index contributed by atoms with van der Waals surface area (Å²) in [6, 6.07) is 4.10. The molecule has 4 nitrogen and oxygen atoms in total. The first kappa shape index (κ1) is 15.2. The third-order valence-electron chi connectivity index (χ3n) is 4.79. The van der Waals surface area contributed by atoms with Gasteiger partial charge in [-0.25, -0.2) is 0 Å². The summed E-state index contributed by atoms with van der Waals surface area (Å²) in [5.41, 5.74) is 2.45. The molecular weight excluding hydrogens is 276 g/mol. The number of hydrogen-bond acceptors (Lipinski definition) is 3. The summed E-state index contributed by atoms with van der Waals surface area (Å²) in [4.78, 5) is 16.3. The van der Waals surface area contributed by atoms with Crippen LogP contribution in [0.2, 0.25) is 0 Å². The molecule has 118 valence electrons. The third-order valence-corrected chi connectivity index (χ3v) is 4.79. The van der Waals surface area contributed by atoms with Gasteiger partial charge in [-0.15, -0.1) is 0 Å². The van der Waals surface area contributed by atoms with Crippen molar-refractivity contribution in [2.45, 2.75) is 57.1 Å². The predicted molar refractivity (Wildman–Crippen MR) is 85.2 cm³/mol. The van der Waals surface area contributed by atoms with Gasteiger partial charge in [0.1, 0.15) is 0 Å². The van der Waals surface area contributed by atoms with Gasteiger partial charge < -0.3 is 10.4 Å². The summed E-state index contributed by atoms with van der Waals surface area (Å²) >= 11 is 0. The molecule has 0 aliphatic heterocycles. The van der Waals surface area contributed by atoms with E-state index in [0.717, 1.165) is 32.1 Å². The maximum atomic E-state index is 12.3. The van der Waals surface area contributed by atoms with Crippen LogP contribution in [0.1, 0.15) is 44.1 Å². The molecule has 1 saturated carbocycles. The van der Waals surface area contributed by atoms with Crippen molar-refractivity contribution in [2.75, 3.05) is 0 Å². The Balaban J connectivity index is 1.59. The highest BCUT2D eigenvalue weighted by Crippen LogP contribution is 2.32. The van der Waals surface area contributed by atoms with E-state index in [2.05, 4.69) is 16.4 Å². The predicted octanol–water partition coefficient (Wildman–Crippen LogP) is 2.38. The van der Waals surface area contributed by atoms with Gasteiger partial charge in [-0.3, -0.25) is 9.78 Å². The van der Waals surface area contributed by atoms with E-state index in [1.54, 1.807) is 12.4 Å². The van der Waals surface area contributed by atoms with Gasteiger partial charge >= 0.3 is 0 Å². The fraction of sp³-hybridized carbons (Fsp3) is 0.556. The largest absolute Gasteiger partial charge is 0.393 e. The van der Waals surface area contributed by atoms with Gasteiger partial charge in [-0.05, 0) is 62.1 Å². The van der Waals surface area contributed by atoms with Crippen LogP contribution in [0, 0.1) is 5.92 Å². The van der Waals surface area contributed by atoms with Crippen LogP contribution >= 0.6 is 0 Å². The quantitative estimate of drug-likeness (QED) is 0.793. The lowest BCUT2D eigenvalue weighted by Crippen LogP contribution is -2.48. The maximum Gasteiger partial charge on any atom is 0.224 e. The van der Waals surface area contributed by atoms with Crippen LogP contribution in [0.15, 0.2) is 36.2 Å². The molecule has 0 aromatic carbocycles. The van der Waals surface area contributed by atoms with Gasteiger partial charge in [0, 0.05) is 24.9 Å². The Morgan fingerprint density at radius 3 is 2.77 bits per heavy atom. The van der Waals surface area contributed by atoms with Crippen molar-refractivity contribution in [1.82, 2.24) is 10.3 Å². The molecule has 1 atom stereocenters. The third kappa shape index (κ3) is 3.95. The number of carbonyl (C=O) groups is 1. The zero-order valence-electron chi connectivity index (χ0n) is 12.9. The molecule has 0 radical (unpaired) electrons. The number of nitrogens with one attached hydrogen (secondary N) is 1. The van der Waals surface area contributed by atoms with Crippen LogP contribution in [0.25, 0.3) is 0 Å². The fourth-order valence-corrected chi connectivity index (χ4v) is 3.43. The number of allylic oxidation sites excluding steroid dienone is 1. The normalized spacial score (nSPS) is 25.2. The second-order valence-corrected chi connectivity index (χ2v) is 6.55. The fourth-order valence-electron chi connectivity index (χ4n) is 3.43. The molecule has 2 N–H and O–H groups in total. The SMILES string of the molecule is O=C(CC1=CCCC1)NC(Cc1ccncc1)C1CC(O)C1. The van der Waals surface area contributed by atoms with E-state index in [4.69, 9.17) is 0 Å². The number of amides is 1. The number of nitrogens with zero attached hydrogens (tertiary/aromatic N) is 1. The lowest BCUT2D eigenvalue weighted by molar-refractivity contribution is -0.122. The van der Waals surface area contributed by atoms with Crippen molar-refractivity contribution in [2.24, 2.45) is 5.92 Å². The van der Waals surface area contributed by atoms with Gasteiger partial charge in [0.25, 0.3) is 0 Å². The Morgan fingerprint density at radius 1 is 1.36 bits per heavy atom. The molecule has 0 spiro atoms. The minimum atomic E-state index is -0.195. The van der Waals surface area contributed by atoms with Gasteiger partial charge in [0.15, 0.2) is 0 Å². The summed E-state index contributed by atoms with van der Waals surface area (Å²) in [5.74, 6) is 0.498. The van der Waals surface area contributed by atoms with Gasteiger partial charge in [-0.1, -0.05) is 11.6 Å². The molecule has 1 aromatic heterocycles. The number of aromatic nitrogens is 1. The van der Waals surface area contributed by atoms with E-state index < -0.39 is 0 Å². The minimum Gasteiger partial charge on any atom is -0.393 e. The summed E-state index contributed by atoms with van der Waals surface area (Å²) in [5, 5.41) is 12.8. The van der Waals surface area contributed by atoms with Crippen molar-refractivity contribution in [3.63, 3.8) is 0 Å². The highest BCUT2D eigenvalue weighted by molar-refractivity contribution is 5.79. The van der Waals surface area contributed by atoms with E-state index in [0.29, 0.717) is 12.3 Å². The zero-order valence-corrected chi connectivity index (χ0v) is 12.9. The molecule has 22 heavy (non-hydrogen) atoms. The number of aliphatic hydroxyl groups excluding tert-OH is 1. The average Bonchev–Trinajstić information content (AvgIpc) is 2.97. The maximum absolute atomic E-state index is 12.3. The topological polar surface area (TPSA) is 62.2 Å². The zero-order chi connectivity index (χ0) is 15.4. The van der Waals surface area contributed by atoms with Gasteiger partial charge in [0.05, 0.1) is 6.10 Å². The van der Waals surface area contributed by atoms with Crippen LogP contribution in [0.5, 0.6) is 0 Å². The molecule has 2 aliphatic rings. The number of pyridine rings is 1. The van der Waals surface area contributed by atoms with E-state index in [1.165, 1.54) is 17.6 Å². The van der Waals surface area contributed by atoms with Crippen LogP contribution in [-0.2, 0) is 11.2 Å². The first-order valence-corrected chi connectivity index (χ1v) is 8.25. The lowest BCUT2D eigenvalue weighted by Gasteiger charge is -2.38. The second-order valence-electron chi connectivity index (χ2n) is 6.55. The number of carbonyl (C=O) groups excluding carboxylic acids is 1. The molecule has 1 heterocycles. The lowest BCUT2D eigenvalue weighted by atomic mass is 9.75. The van der Waals surface area contributed by atoms with Crippen LogP contribution in [0.4, 0.5) is 0 Å². The molecule has 1 amide bonds. The monoisotopic (exact) mass is 300 g/mol. The molecule has 1 unspecified atom stereocenters. The Hall–Kier alpha value is -1.68. The molecule has 4 heteroatoms. The van der Waals surface area contributed by atoms with Crippen LogP contribution < -0.4 is 5.32 Å². The Kier molecular flexibility index (Phi) is 4.88. The highest BCUT2D eigenvalue weighted by atomic mass is 16.3. The number of hydrogen-bond donors (Lipinski definition) is 2. The van der Waals surface area contributed by atoms with Crippen LogP contribution in [0.3, 0.4) is 0 Å². The molecule has 3 rings (SSSR count). The van der Waals surface area contributed by atoms with Crippen molar-refractivity contribution >= 4 is 5.91 Å². The van der Waals surface area contributed by atoms with Gasteiger partial charge in [0.2, 0.25) is 5.91 Å². The van der Waals surface area contributed by atoms with E-state index >= 15 is 0 Å². The first-order valence-electron chi connectivity index (χ1n) is 8.25. The average molecular weight is 300 g/mol. The standard InChI is InChI=1S/C18H24N2O2/c21-16-11-15(12-16)17(9-14-5-7-19-8-6-14)20-18(22)10-13-3-1-2-4-13/h3,5-8,15-17,21H,1-2,4,9-12H2,(H,20,22). The first-order chi connectivity index (χ1) is 10.7. The van der Waals surface area contributed by atoms with Crippen molar-refractivity contribution < 1.29 is 9.90 Å². The van der Waals surface area contributed by atoms with Crippen molar-refractivity contribution in [1.29, 1.82) is 0 Å². The Bertz CT molecular complexity index is 535. The minimum absolute atomic E-state index is 0.111. The smallest absolute Gasteiger partial charge is 0.224 e. The van der Waals surface area contributed by atoms with E-state index in [9.17, 15) is 9.90 Å². The van der Waals surface area contributed by atoms with Gasteiger partial charge in [-0.2, -0.15) is 0 Å². The molecule has 1 fully saturated rings. The molecular formula is C18H24N2O2. The Labute approximate surface area is 131 Å². The highest BCUT2D eigenvalue weighted by Gasteiger charge is 2.34. The Morgan fingerprint density at radius 2 is 2.14 bits per heavy atom. The summed E-state index contributed by atoms with van der Waals surface area (Å²) < 4.78 is 0. The summed E-state index contributed by atoms with van der Waals surface area (Å²) in [6.07, 6.45) is 11.8. The number of aliphatic hydroxyl groups is 1. The number of rotatable bonds is 6. The van der Waals surface area contributed by atoms with Crippen molar-refractivity contribution in [3.05, 3.63) is 41.7 Å². The molecule has 2 aliphatic carbocycles. The molecule has 1 aromatic rings.